The molecule has 6 nitrogen and oxygen atoms in total. The summed E-state index contributed by atoms with van der Waals surface area (Å²) in [4.78, 5) is 19.6. The van der Waals surface area contributed by atoms with Gasteiger partial charge in [0, 0.05) is 44.6 Å². The Morgan fingerprint density at radius 1 is 1.17 bits per heavy atom. The summed E-state index contributed by atoms with van der Waals surface area (Å²) in [6, 6.07) is 2.84. The molecule has 0 N–H and O–H groups in total. The first-order valence-corrected chi connectivity index (χ1v) is 7.59. The van der Waals surface area contributed by atoms with Crippen LogP contribution in [0.2, 0.25) is 0 Å². The van der Waals surface area contributed by atoms with Crippen molar-refractivity contribution in [1.29, 1.82) is 0 Å². The molecule has 2 aromatic rings. The number of likely N-dealkylation sites (N-methyl/N-ethyl adjacent to an activating group) is 1. The lowest BCUT2D eigenvalue weighted by molar-refractivity contribution is -0.141. The third kappa shape index (κ3) is 3.55. The van der Waals surface area contributed by atoms with Gasteiger partial charge < -0.3 is 9.80 Å². The maximum absolute atomic E-state index is 12.8. The quantitative estimate of drug-likeness (QED) is 0.856. The van der Waals surface area contributed by atoms with E-state index < -0.39 is 11.9 Å². The number of nitrogens with zero attached hydrogens (tertiary/aromatic N) is 6. The summed E-state index contributed by atoms with van der Waals surface area (Å²) in [5, 5.41) is 0. The Morgan fingerprint density at radius 3 is 2.62 bits per heavy atom. The number of alkyl halides is 3. The zero-order chi connectivity index (χ0) is 17.2. The summed E-state index contributed by atoms with van der Waals surface area (Å²) < 4.78 is 38.5. The molecule has 3 rings (SSSR count). The van der Waals surface area contributed by atoms with Gasteiger partial charge in [0.1, 0.15) is 17.8 Å². The molecule has 0 saturated carbocycles. The first-order chi connectivity index (χ1) is 11.4. The standard InChI is InChI=1S/C15H17F3N6/c1-23(14-19-5-3-6-20-14)11-4-2-7-24(9-11)13-8-12(15(16,17)18)21-10-22-13/h3,5-6,8,10-11H,2,4,7,9H2,1H3. The van der Waals surface area contributed by atoms with Crippen molar-refractivity contribution in [2.75, 3.05) is 29.9 Å². The number of hydrogen-bond donors (Lipinski definition) is 0. The van der Waals surface area contributed by atoms with E-state index in [-0.39, 0.29) is 6.04 Å². The topological polar surface area (TPSA) is 58.0 Å². The average Bonchev–Trinajstić information content (AvgIpc) is 2.61. The molecule has 1 saturated heterocycles. The molecule has 24 heavy (non-hydrogen) atoms. The molecule has 128 valence electrons. The van der Waals surface area contributed by atoms with Crippen molar-refractivity contribution < 1.29 is 13.2 Å². The SMILES string of the molecule is CN(c1ncccn1)C1CCCN(c2cc(C(F)(F)F)ncn2)C1. The Bertz CT molecular complexity index is 678. The lowest BCUT2D eigenvalue weighted by Gasteiger charge is -2.38. The molecule has 1 aliphatic rings. The third-order valence-corrected chi connectivity index (χ3v) is 4.08. The molecule has 0 bridgehead atoms. The lowest BCUT2D eigenvalue weighted by Crippen LogP contribution is -2.47. The summed E-state index contributed by atoms with van der Waals surface area (Å²) in [6.07, 6.45) is 1.60. The largest absolute Gasteiger partial charge is 0.433 e. The Balaban J connectivity index is 1.76. The molecular weight excluding hydrogens is 321 g/mol. The number of halogens is 3. The van der Waals surface area contributed by atoms with Crippen LogP contribution in [0.4, 0.5) is 24.9 Å². The fraction of sp³-hybridized carbons (Fsp3) is 0.467. The summed E-state index contributed by atoms with van der Waals surface area (Å²) in [5.41, 5.74) is -0.922. The van der Waals surface area contributed by atoms with Crippen molar-refractivity contribution >= 4 is 11.8 Å². The van der Waals surface area contributed by atoms with Crippen molar-refractivity contribution in [3.8, 4) is 0 Å². The van der Waals surface area contributed by atoms with E-state index in [1.165, 1.54) is 0 Å². The van der Waals surface area contributed by atoms with Crippen molar-refractivity contribution in [1.82, 2.24) is 19.9 Å². The van der Waals surface area contributed by atoms with Crippen LogP contribution in [0.25, 0.3) is 0 Å². The van der Waals surface area contributed by atoms with Crippen molar-refractivity contribution in [2.24, 2.45) is 0 Å². The van der Waals surface area contributed by atoms with Crippen LogP contribution in [-0.4, -0.2) is 46.1 Å². The van der Waals surface area contributed by atoms with Gasteiger partial charge in [-0.25, -0.2) is 19.9 Å². The van der Waals surface area contributed by atoms with E-state index in [4.69, 9.17) is 0 Å². The zero-order valence-corrected chi connectivity index (χ0v) is 13.1. The summed E-state index contributed by atoms with van der Waals surface area (Å²) in [6.45, 7) is 1.22. The van der Waals surface area contributed by atoms with E-state index in [2.05, 4.69) is 19.9 Å². The number of aromatic nitrogens is 4. The molecule has 1 fully saturated rings. The fourth-order valence-corrected chi connectivity index (χ4v) is 2.79. The molecule has 0 aromatic carbocycles. The minimum absolute atomic E-state index is 0.102. The van der Waals surface area contributed by atoms with Gasteiger partial charge in [-0.2, -0.15) is 13.2 Å². The van der Waals surface area contributed by atoms with Crippen LogP contribution in [0.1, 0.15) is 18.5 Å². The number of rotatable bonds is 3. The predicted molar refractivity (Wildman–Crippen MR) is 82.7 cm³/mol. The minimum atomic E-state index is -4.47. The molecule has 9 heteroatoms. The number of piperidine rings is 1. The van der Waals surface area contributed by atoms with Crippen LogP contribution >= 0.6 is 0 Å². The van der Waals surface area contributed by atoms with Crippen LogP contribution in [0.5, 0.6) is 0 Å². The molecule has 0 radical (unpaired) electrons. The fourth-order valence-electron chi connectivity index (χ4n) is 2.79. The van der Waals surface area contributed by atoms with Gasteiger partial charge in [0.25, 0.3) is 0 Å². The molecule has 0 aliphatic carbocycles. The Morgan fingerprint density at radius 2 is 1.92 bits per heavy atom. The first kappa shape index (κ1) is 16.4. The lowest BCUT2D eigenvalue weighted by atomic mass is 10.0. The van der Waals surface area contributed by atoms with E-state index in [0.717, 1.165) is 25.2 Å². The summed E-state index contributed by atoms with van der Waals surface area (Å²) in [5.74, 6) is 0.896. The second-order valence-corrected chi connectivity index (χ2v) is 5.66. The van der Waals surface area contributed by atoms with Crippen molar-refractivity contribution in [3.63, 3.8) is 0 Å². The van der Waals surface area contributed by atoms with E-state index in [0.29, 0.717) is 24.9 Å². The molecule has 1 unspecified atom stereocenters. The highest BCUT2D eigenvalue weighted by Gasteiger charge is 2.34. The highest BCUT2D eigenvalue weighted by Crippen LogP contribution is 2.30. The van der Waals surface area contributed by atoms with Crippen molar-refractivity contribution in [3.05, 3.63) is 36.5 Å². The monoisotopic (exact) mass is 338 g/mol. The van der Waals surface area contributed by atoms with Gasteiger partial charge in [-0.1, -0.05) is 0 Å². The van der Waals surface area contributed by atoms with Gasteiger partial charge in [0.05, 0.1) is 0 Å². The maximum atomic E-state index is 12.8. The van der Waals surface area contributed by atoms with Crippen molar-refractivity contribution in [2.45, 2.75) is 25.1 Å². The van der Waals surface area contributed by atoms with Crippen LogP contribution in [-0.2, 0) is 6.18 Å². The smallest absolute Gasteiger partial charge is 0.354 e. The molecule has 0 amide bonds. The van der Waals surface area contributed by atoms with Gasteiger partial charge in [-0.3, -0.25) is 0 Å². The second-order valence-electron chi connectivity index (χ2n) is 5.66. The summed E-state index contributed by atoms with van der Waals surface area (Å²) >= 11 is 0. The number of hydrogen-bond acceptors (Lipinski definition) is 6. The number of anilines is 2. The minimum Gasteiger partial charge on any atom is -0.354 e. The van der Waals surface area contributed by atoms with Gasteiger partial charge in [-0.05, 0) is 18.9 Å². The molecule has 1 aliphatic heterocycles. The van der Waals surface area contributed by atoms with E-state index >= 15 is 0 Å². The van der Waals surface area contributed by atoms with E-state index in [1.807, 2.05) is 16.8 Å². The highest BCUT2D eigenvalue weighted by atomic mass is 19.4. The van der Waals surface area contributed by atoms with Gasteiger partial charge in [-0.15, -0.1) is 0 Å². The van der Waals surface area contributed by atoms with Crippen LogP contribution < -0.4 is 9.80 Å². The van der Waals surface area contributed by atoms with Gasteiger partial charge in [0.2, 0.25) is 5.95 Å². The van der Waals surface area contributed by atoms with Crippen LogP contribution in [0.3, 0.4) is 0 Å². The van der Waals surface area contributed by atoms with Gasteiger partial charge in [0.15, 0.2) is 0 Å². The molecular formula is C15H17F3N6. The molecule has 3 heterocycles. The van der Waals surface area contributed by atoms with Crippen LogP contribution in [0, 0.1) is 0 Å². The maximum Gasteiger partial charge on any atom is 0.433 e. The third-order valence-electron chi connectivity index (χ3n) is 4.08. The molecule has 0 spiro atoms. The predicted octanol–water partition coefficient (Wildman–Crippen LogP) is 2.39. The first-order valence-electron chi connectivity index (χ1n) is 7.59. The molecule has 1 atom stereocenters. The van der Waals surface area contributed by atoms with E-state index in [1.54, 1.807) is 18.5 Å². The summed E-state index contributed by atoms with van der Waals surface area (Å²) in [7, 11) is 1.89. The van der Waals surface area contributed by atoms with Crippen LogP contribution in [0.15, 0.2) is 30.9 Å². The zero-order valence-electron chi connectivity index (χ0n) is 13.1. The molecule has 2 aromatic heterocycles. The highest BCUT2D eigenvalue weighted by molar-refractivity contribution is 5.42. The Labute approximate surface area is 137 Å². The van der Waals surface area contributed by atoms with E-state index in [9.17, 15) is 13.2 Å². The van der Waals surface area contributed by atoms with Gasteiger partial charge >= 0.3 is 6.18 Å². The average molecular weight is 338 g/mol. The second kappa shape index (κ2) is 6.58. The Hall–Kier alpha value is -2.45. The normalized spacial score (nSPS) is 18.5. The Kier molecular flexibility index (Phi) is 4.50.